The lowest BCUT2D eigenvalue weighted by Crippen LogP contribution is -2.47. The predicted molar refractivity (Wildman–Crippen MR) is 98.9 cm³/mol. The van der Waals surface area contributed by atoms with Crippen LogP contribution in [0.1, 0.15) is 84.0 Å². The molecule has 0 unspecified atom stereocenters. The Hall–Kier alpha value is -1.65. The smallest absolute Gasteiger partial charge is 0.207 e. The first kappa shape index (κ1) is 20.4. The maximum absolute atomic E-state index is 8.91. The quantitative estimate of drug-likeness (QED) is 0.315. The topological polar surface area (TPSA) is 59.9 Å². The number of amidine groups is 1. The van der Waals surface area contributed by atoms with Gasteiger partial charge in [0, 0.05) is 6.42 Å². The highest BCUT2D eigenvalue weighted by Crippen LogP contribution is 2.23. The molecule has 0 bridgehead atoms. The van der Waals surface area contributed by atoms with Gasteiger partial charge in [0.1, 0.15) is 19.3 Å². The number of aliphatic imine (C=N–C) groups is 1. The maximum Gasteiger partial charge on any atom is 0.207 e. The molecule has 0 aromatic heterocycles. The number of nitriles is 2. The minimum atomic E-state index is 0.506. The number of nitrogens with zero attached hydrogens (tertiary/aromatic N) is 4. The standard InChI is InChI=1S/C20H33N4/c1-2-3-4-5-6-7-8-9-10-13-20-23-16-19-24(20,17-11-14-21)18-12-15-22/h16,19H,2-13,17-18H2,1H3/q+1. The molecule has 4 heteroatoms. The van der Waals surface area contributed by atoms with Gasteiger partial charge in [0.05, 0.1) is 31.2 Å². The van der Waals surface area contributed by atoms with Crippen molar-refractivity contribution < 1.29 is 4.48 Å². The zero-order valence-electron chi connectivity index (χ0n) is 15.3. The van der Waals surface area contributed by atoms with E-state index in [9.17, 15) is 0 Å². The Morgan fingerprint density at radius 1 is 0.875 bits per heavy atom. The van der Waals surface area contributed by atoms with E-state index in [0.29, 0.717) is 17.3 Å². The van der Waals surface area contributed by atoms with Crippen molar-refractivity contribution in [1.82, 2.24) is 0 Å². The highest BCUT2D eigenvalue weighted by atomic mass is 15.4. The summed E-state index contributed by atoms with van der Waals surface area (Å²) in [6.07, 6.45) is 17.8. The largest absolute Gasteiger partial charge is 0.249 e. The van der Waals surface area contributed by atoms with Gasteiger partial charge in [-0.2, -0.15) is 10.5 Å². The second kappa shape index (κ2) is 12.7. The van der Waals surface area contributed by atoms with Crippen LogP contribution in [-0.4, -0.2) is 23.4 Å². The lowest BCUT2D eigenvalue weighted by Gasteiger charge is -2.31. The van der Waals surface area contributed by atoms with Crippen LogP contribution in [0.15, 0.2) is 17.4 Å². The van der Waals surface area contributed by atoms with Gasteiger partial charge in [0.2, 0.25) is 5.84 Å². The minimum Gasteiger partial charge on any atom is -0.249 e. The highest BCUT2D eigenvalue weighted by molar-refractivity contribution is 5.78. The number of hydrogen-bond acceptors (Lipinski definition) is 3. The van der Waals surface area contributed by atoms with E-state index in [4.69, 9.17) is 10.5 Å². The zero-order valence-corrected chi connectivity index (χ0v) is 15.3. The van der Waals surface area contributed by atoms with Gasteiger partial charge in [-0.1, -0.05) is 58.3 Å². The van der Waals surface area contributed by atoms with Crippen LogP contribution in [0.5, 0.6) is 0 Å². The molecule has 1 aliphatic rings. The third kappa shape index (κ3) is 7.28. The van der Waals surface area contributed by atoms with E-state index in [1.165, 1.54) is 51.4 Å². The van der Waals surface area contributed by atoms with Gasteiger partial charge in [-0.05, 0) is 6.42 Å². The molecular weight excluding hydrogens is 296 g/mol. The summed E-state index contributed by atoms with van der Waals surface area (Å²) >= 11 is 0. The van der Waals surface area contributed by atoms with E-state index in [1.807, 2.05) is 6.20 Å². The Bertz CT molecular complexity index is 461. The summed E-state index contributed by atoms with van der Waals surface area (Å²) in [6.45, 7) is 3.74. The van der Waals surface area contributed by atoms with Crippen LogP contribution in [0.25, 0.3) is 0 Å². The van der Waals surface area contributed by atoms with Crippen molar-refractivity contribution in [3.63, 3.8) is 0 Å². The molecule has 0 aromatic rings. The highest BCUT2D eigenvalue weighted by Gasteiger charge is 2.34. The summed E-state index contributed by atoms with van der Waals surface area (Å²) in [5.74, 6) is 1.14. The molecule has 0 radical (unpaired) electrons. The van der Waals surface area contributed by atoms with Crippen LogP contribution in [0.2, 0.25) is 0 Å². The maximum atomic E-state index is 8.91. The van der Waals surface area contributed by atoms with E-state index >= 15 is 0 Å². The number of unbranched alkanes of at least 4 members (excludes halogenated alkanes) is 8. The molecule has 0 aromatic carbocycles. The molecule has 0 atom stereocenters. The van der Waals surface area contributed by atoms with E-state index < -0.39 is 0 Å². The van der Waals surface area contributed by atoms with Gasteiger partial charge in [-0.15, -0.1) is 0 Å². The summed E-state index contributed by atoms with van der Waals surface area (Å²) < 4.78 is 0.623. The molecule has 0 N–H and O–H groups in total. The zero-order chi connectivity index (χ0) is 17.5. The molecule has 1 heterocycles. The molecule has 4 nitrogen and oxygen atoms in total. The molecule has 0 amide bonds. The molecule has 24 heavy (non-hydrogen) atoms. The van der Waals surface area contributed by atoms with Gasteiger partial charge in [0.25, 0.3) is 0 Å². The summed E-state index contributed by atoms with van der Waals surface area (Å²) in [5.41, 5.74) is 0. The van der Waals surface area contributed by atoms with E-state index in [2.05, 4.69) is 30.3 Å². The lowest BCUT2D eigenvalue weighted by molar-refractivity contribution is -0.786. The average Bonchev–Trinajstić information content (AvgIpc) is 3.00. The molecule has 0 saturated carbocycles. The Morgan fingerprint density at radius 3 is 1.96 bits per heavy atom. The van der Waals surface area contributed by atoms with Crippen LogP contribution in [0, 0.1) is 22.7 Å². The van der Waals surface area contributed by atoms with E-state index in [1.54, 1.807) is 0 Å². The molecule has 0 saturated heterocycles. The first-order chi connectivity index (χ1) is 11.8. The fourth-order valence-corrected chi connectivity index (χ4v) is 3.35. The molecule has 1 aliphatic heterocycles. The number of hydrogen-bond donors (Lipinski definition) is 0. The van der Waals surface area contributed by atoms with Crippen molar-refractivity contribution in [2.24, 2.45) is 4.99 Å². The summed E-state index contributed by atoms with van der Waals surface area (Å²) in [7, 11) is 0. The number of quaternary nitrogens is 1. The van der Waals surface area contributed by atoms with Crippen LogP contribution in [-0.2, 0) is 0 Å². The summed E-state index contributed by atoms with van der Waals surface area (Å²) in [5, 5.41) is 17.8. The first-order valence-corrected chi connectivity index (χ1v) is 9.64. The van der Waals surface area contributed by atoms with E-state index in [0.717, 1.165) is 31.8 Å². The molecule has 0 aliphatic carbocycles. The monoisotopic (exact) mass is 329 g/mol. The van der Waals surface area contributed by atoms with Crippen molar-refractivity contribution in [3.05, 3.63) is 12.4 Å². The van der Waals surface area contributed by atoms with Crippen LogP contribution < -0.4 is 0 Å². The van der Waals surface area contributed by atoms with Gasteiger partial charge in [0.15, 0.2) is 0 Å². The SMILES string of the molecule is CCCCCCCCCCCC1=NC=C[N+]1(CCC#N)CCC#N. The Kier molecular flexibility index (Phi) is 10.8. The summed E-state index contributed by atoms with van der Waals surface area (Å²) in [6, 6.07) is 4.47. The van der Waals surface area contributed by atoms with Crippen molar-refractivity contribution in [2.75, 3.05) is 13.1 Å². The van der Waals surface area contributed by atoms with Crippen molar-refractivity contribution in [3.8, 4) is 12.1 Å². The fraction of sp³-hybridized carbons (Fsp3) is 0.750. The van der Waals surface area contributed by atoms with Gasteiger partial charge >= 0.3 is 0 Å². The van der Waals surface area contributed by atoms with Gasteiger partial charge in [-0.3, -0.25) is 0 Å². The third-order valence-electron chi connectivity index (χ3n) is 4.84. The average molecular weight is 330 g/mol. The second-order valence-corrected chi connectivity index (χ2v) is 6.72. The Morgan fingerprint density at radius 2 is 1.42 bits per heavy atom. The first-order valence-electron chi connectivity index (χ1n) is 9.64. The van der Waals surface area contributed by atoms with Crippen molar-refractivity contribution >= 4 is 5.84 Å². The molecule has 132 valence electrons. The molecule has 0 fully saturated rings. The normalized spacial score (nSPS) is 15.0. The Balaban J connectivity index is 2.27. The van der Waals surface area contributed by atoms with Crippen molar-refractivity contribution in [1.29, 1.82) is 10.5 Å². The third-order valence-corrected chi connectivity index (χ3v) is 4.84. The molecular formula is C20H33N4+. The van der Waals surface area contributed by atoms with Crippen LogP contribution in [0.4, 0.5) is 0 Å². The molecule has 1 rings (SSSR count). The van der Waals surface area contributed by atoms with Gasteiger partial charge in [-0.25, -0.2) is 9.48 Å². The second-order valence-electron chi connectivity index (χ2n) is 6.72. The molecule has 0 spiro atoms. The fourth-order valence-electron chi connectivity index (χ4n) is 3.35. The van der Waals surface area contributed by atoms with Crippen molar-refractivity contribution in [2.45, 2.75) is 84.0 Å². The van der Waals surface area contributed by atoms with E-state index in [-0.39, 0.29) is 0 Å². The van der Waals surface area contributed by atoms with Gasteiger partial charge < -0.3 is 0 Å². The Labute approximate surface area is 148 Å². The minimum absolute atomic E-state index is 0.506. The van der Waals surface area contributed by atoms with Crippen LogP contribution >= 0.6 is 0 Å². The lowest BCUT2D eigenvalue weighted by atomic mass is 10.1. The number of rotatable bonds is 14. The summed E-state index contributed by atoms with van der Waals surface area (Å²) in [4.78, 5) is 4.55. The van der Waals surface area contributed by atoms with Crippen LogP contribution in [0.3, 0.4) is 0 Å². The predicted octanol–water partition coefficient (Wildman–Crippen LogP) is 5.43.